The number of nitrogens with zero attached hydrogens (tertiary/aromatic N) is 1. The van der Waals surface area contributed by atoms with Gasteiger partial charge in [-0.1, -0.05) is 0 Å². The maximum Gasteiger partial charge on any atom is 0.317 e. The Bertz CT molecular complexity index is 311. The van der Waals surface area contributed by atoms with Crippen molar-refractivity contribution >= 4 is 12.0 Å². The zero-order valence-corrected chi connectivity index (χ0v) is 12.0. The molecule has 1 aliphatic heterocycles. The molecule has 0 aromatic rings. The number of carbonyl (C=O) groups excluding carboxylic acids is 1. The molecule has 2 amide bonds. The first-order valence-electron chi connectivity index (χ1n) is 6.98. The number of hydrogen-bond donors (Lipinski definition) is 2. The second kappa shape index (κ2) is 9.55. The zero-order chi connectivity index (χ0) is 14.8. The molecule has 0 bridgehead atoms. The lowest BCUT2D eigenvalue weighted by Gasteiger charge is -2.32. The molecular weight excluding hydrogens is 264 g/mol. The van der Waals surface area contributed by atoms with Gasteiger partial charge in [-0.15, -0.1) is 0 Å². The lowest BCUT2D eigenvalue weighted by Crippen LogP contribution is -2.48. The van der Waals surface area contributed by atoms with Gasteiger partial charge in [0.2, 0.25) is 0 Å². The molecule has 0 saturated carbocycles. The Kier molecular flexibility index (Phi) is 7.98. The zero-order valence-electron chi connectivity index (χ0n) is 12.0. The Balaban J connectivity index is 2.20. The third-order valence-corrected chi connectivity index (χ3v) is 3.15. The van der Waals surface area contributed by atoms with Crippen molar-refractivity contribution in [1.82, 2.24) is 10.2 Å². The molecule has 1 atom stereocenters. The number of ether oxygens (including phenoxy) is 2. The van der Waals surface area contributed by atoms with E-state index in [4.69, 9.17) is 14.6 Å². The van der Waals surface area contributed by atoms with Crippen molar-refractivity contribution in [2.45, 2.75) is 31.8 Å². The number of hydrogen-bond acceptors (Lipinski definition) is 4. The van der Waals surface area contributed by atoms with Crippen LogP contribution < -0.4 is 5.32 Å². The van der Waals surface area contributed by atoms with Crippen LogP contribution in [0.5, 0.6) is 0 Å². The first-order chi connectivity index (χ1) is 9.63. The summed E-state index contributed by atoms with van der Waals surface area (Å²) < 4.78 is 10.6. The number of piperidine rings is 1. The average Bonchev–Trinajstić information content (AvgIpc) is 2.44. The van der Waals surface area contributed by atoms with Crippen LogP contribution in [0, 0.1) is 0 Å². The van der Waals surface area contributed by atoms with Crippen molar-refractivity contribution in [3.05, 3.63) is 0 Å². The molecule has 0 radical (unpaired) electrons. The third kappa shape index (κ3) is 6.72. The number of carbonyl (C=O) groups is 2. The minimum Gasteiger partial charge on any atom is -0.481 e. The number of carboxylic acids is 1. The smallest absolute Gasteiger partial charge is 0.317 e. The molecule has 2 N–H and O–H groups in total. The molecule has 1 saturated heterocycles. The van der Waals surface area contributed by atoms with Crippen LogP contribution in [0.25, 0.3) is 0 Å². The van der Waals surface area contributed by atoms with Gasteiger partial charge in [-0.25, -0.2) is 4.79 Å². The van der Waals surface area contributed by atoms with Crippen molar-refractivity contribution in [1.29, 1.82) is 0 Å². The van der Waals surface area contributed by atoms with Crippen LogP contribution in [0.2, 0.25) is 0 Å². The normalized spacial score (nSPS) is 18.9. The van der Waals surface area contributed by atoms with Crippen molar-refractivity contribution in [2.75, 3.05) is 40.0 Å². The SMILES string of the molecule is COCCOC1CCCN(C(=O)NCCCC(=O)O)C1. The monoisotopic (exact) mass is 288 g/mol. The van der Waals surface area contributed by atoms with Gasteiger partial charge in [0.05, 0.1) is 19.3 Å². The number of rotatable bonds is 8. The molecular formula is C13H24N2O5. The van der Waals surface area contributed by atoms with E-state index in [0.29, 0.717) is 32.7 Å². The largest absolute Gasteiger partial charge is 0.481 e. The highest BCUT2D eigenvalue weighted by Gasteiger charge is 2.23. The van der Waals surface area contributed by atoms with Crippen molar-refractivity contribution in [3.63, 3.8) is 0 Å². The highest BCUT2D eigenvalue weighted by molar-refractivity contribution is 5.74. The number of carboxylic acid groups (broad SMARTS) is 1. The van der Waals surface area contributed by atoms with E-state index in [1.54, 1.807) is 12.0 Å². The molecule has 20 heavy (non-hydrogen) atoms. The molecule has 116 valence electrons. The molecule has 7 nitrogen and oxygen atoms in total. The predicted octanol–water partition coefficient (Wildman–Crippen LogP) is 0.688. The Hall–Kier alpha value is -1.34. The maximum atomic E-state index is 11.9. The fourth-order valence-electron chi connectivity index (χ4n) is 2.10. The van der Waals surface area contributed by atoms with E-state index >= 15 is 0 Å². The van der Waals surface area contributed by atoms with E-state index in [1.807, 2.05) is 0 Å². The number of amides is 2. The predicted molar refractivity (Wildman–Crippen MR) is 72.7 cm³/mol. The van der Waals surface area contributed by atoms with E-state index < -0.39 is 5.97 Å². The summed E-state index contributed by atoms with van der Waals surface area (Å²) in [6, 6.07) is -0.143. The van der Waals surface area contributed by atoms with Gasteiger partial charge in [0.1, 0.15) is 0 Å². The van der Waals surface area contributed by atoms with Crippen LogP contribution in [0.4, 0.5) is 4.79 Å². The Morgan fingerprint density at radius 1 is 1.40 bits per heavy atom. The molecule has 1 unspecified atom stereocenters. The number of nitrogens with one attached hydrogen (secondary N) is 1. The third-order valence-electron chi connectivity index (χ3n) is 3.15. The summed E-state index contributed by atoms with van der Waals surface area (Å²) >= 11 is 0. The number of methoxy groups -OCH3 is 1. The van der Waals surface area contributed by atoms with Gasteiger partial charge in [0.15, 0.2) is 0 Å². The van der Waals surface area contributed by atoms with Crippen LogP contribution in [-0.2, 0) is 14.3 Å². The number of urea groups is 1. The summed E-state index contributed by atoms with van der Waals surface area (Å²) in [5.74, 6) is -0.844. The second-order valence-corrected chi connectivity index (χ2v) is 4.80. The maximum absolute atomic E-state index is 11.9. The fraction of sp³-hybridized carbons (Fsp3) is 0.846. The second-order valence-electron chi connectivity index (χ2n) is 4.80. The molecule has 1 aliphatic rings. The first kappa shape index (κ1) is 16.7. The highest BCUT2D eigenvalue weighted by Crippen LogP contribution is 2.13. The van der Waals surface area contributed by atoms with Gasteiger partial charge < -0.3 is 24.8 Å². The summed E-state index contributed by atoms with van der Waals surface area (Å²) in [6.45, 7) is 2.77. The lowest BCUT2D eigenvalue weighted by molar-refractivity contribution is -0.137. The Labute approximate surface area is 119 Å². The van der Waals surface area contributed by atoms with Gasteiger partial charge in [-0.05, 0) is 19.3 Å². The van der Waals surface area contributed by atoms with E-state index in [1.165, 1.54) is 0 Å². The molecule has 0 aromatic carbocycles. The van der Waals surface area contributed by atoms with Gasteiger partial charge in [0, 0.05) is 33.2 Å². The Morgan fingerprint density at radius 2 is 2.20 bits per heavy atom. The summed E-state index contributed by atoms with van der Waals surface area (Å²) in [5, 5.41) is 11.3. The minimum absolute atomic E-state index is 0.0590. The van der Waals surface area contributed by atoms with Crippen LogP contribution in [0.3, 0.4) is 0 Å². The molecule has 1 rings (SSSR count). The lowest BCUT2D eigenvalue weighted by atomic mass is 10.1. The van der Waals surface area contributed by atoms with Crippen molar-refractivity contribution in [2.24, 2.45) is 0 Å². The topological polar surface area (TPSA) is 88.1 Å². The molecule has 7 heteroatoms. The van der Waals surface area contributed by atoms with Gasteiger partial charge in [0.25, 0.3) is 0 Å². The quantitative estimate of drug-likeness (QED) is 0.642. The van der Waals surface area contributed by atoms with Gasteiger partial charge in [-0.2, -0.15) is 0 Å². The van der Waals surface area contributed by atoms with Crippen LogP contribution in [0.15, 0.2) is 0 Å². The van der Waals surface area contributed by atoms with Gasteiger partial charge in [-0.3, -0.25) is 4.79 Å². The van der Waals surface area contributed by atoms with E-state index in [0.717, 1.165) is 19.4 Å². The molecule has 1 heterocycles. The van der Waals surface area contributed by atoms with Crippen LogP contribution in [0.1, 0.15) is 25.7 Å². The standard InChI is InChI=1S/C13H24N2O5/c1-19-8-9-20-11-4-3-7-15(10-11)13(18)14-6-2-5-12(16)17/h11H,2-10H2,1H3,(H,14,18)(H,16,17). The first-order valence-corrected chi connectivity index (χ1v) is 6.98. The Morgan fingerprint density at radius 3 is 2.90 bits per heavy atom. The summed E-state index contributed by atoms with van der Waals surface area (Å²) in [4.78, 5) is 24.0. The van der Waals surface area contributed by atoms with Crippen LogP contribution in [-0.4, -0.2) is 68.1 Å². The van der Waals surface area contributed by atoms with Crippen molar-refractivity contribution < 1.29 is 24.2 Å². The summed E-state index contributed by atoms with van der Waals surface area (Å²) in [6.07, 6.45) is 2.45. The molecule has 0 aromatic heterocycles. The van der Waals surface area contributed by atoms with E-state index in [9.17, 15) is 9.59 Å². The van der Waals surface area contributed by atoms with E-state index in [2.05, 4.69) is 5.32 Å². The van der Waals surface area contributed by atoms with Gasteiger partial charge >= 0.3 is 12.0 Å². The number of likely N-dealkylation sites (tertiary alicyclic amines) is 1. The molecule has 1 fully saturated rings. The van der Waals surface area contributed by atoms with E-state index in [-0.39, 0.29) is 18.6 Å². The minimum atomic E-state index is -0.844. The van der Waals surface area contributed by atoms with Crippen LogP contribution >= 0.6 is 0 Å². The highest BCUT2D eigenvalue weighted by atomic mass is 16.5. The summed E-state index contributed by atoms with van der Waals surface area (Å²) in [5.41, 5.74) is 0. The molecule has 0 aliphatic carbocycles. The average molecular weight is 288 g/mol. The fourth-order valence-corrected chi connectivity index (χ4v) is 2.10. The molecule has 0 spiro atoms. The number of aliphatic carboxylic acids is 1. The summed E-state index contributed by atoms with van der Waals surface area (Å²) in [7, 11) is 1.63. The van der Waals surface area contributed by atoms with Crippen molar-refractivity contribution in [3.8, 4) is 0 Å².